The van der Waals surface area contributed by atoms with Crippen LogP contribution in [0.2, 0.25) is 0 Å². The molecule has 30 heavy (non-hydrogen) atoms. The molecule has 0 saturated carbocycles. The fourth-order valence-corrected chi connectivity index (χ4v) is 2.86. The van der Waals surface area contributed by atoms with Crippen LogP contribution in [0.25, 0.3) is 17.1 Å². The molecule has 0 unspecified atom stereocenters. The van der Waals surface area contributed by atoms with Gasteiger partial charge in [0.15, 0.2) is 5.35 Å². The second-order valence-corrected chi connectivity index (χ2v) is 6.02. The van der Waals surface area contributed by atoms with E-state index in [-0.39, 0.29) is 5.69 Å². The van der Waals surface area contributed by atoms with Crippen molar-refractivity contribution in [2.75, 3.05) is 0 Å². The van der Waals surface area contributed by atoms with Gasteiger partial charge in [-0.2, -0.15) is 13.2 Å². The van der Waals surface area contributed by atoms with Gasteiger partial charge >= 0.3 is 23.5 Å². The molecule has 152 valence electrons. The molecule has 11 heteroatoms. The molecule has 2 aromatic carbocycles. The number of halogens is 3. The summed E-state index contributed by atoms with van der Waals surface area (Å²) in [6.45, 7) is 0. The third kappa shape index (κ3) is 3.15. The Labute approximate surface area is 164 Å². The van der Waals surface area contributed by atoms with Gasteiger partial charge in [0.25, 0.3) is 5.55 Å². The second kappa shape index (κ2) is 7.03. The van der Waals surface area contributed by atoms with Crippen molar-refractivity contribution in [3.8, 4) is 5.69 Å². The minimum atomic E-state index is -5.23. The fraction of sp³-hybridized carbons (Fsp3) is 0.0526. The predicted octanol–water partition coefficient (Wildman–Crippen LogP) is 2.04. The lowest BCUT2D eigenvalue weighted by Crippen LogP contribution is -2.38. The van der Waals surface area contributed by atoms with Gasteiger partial charge in [-0.1, -0.05) is 36.4 Å². The summed E-state index contributed by atoms with van der Waals surface area (Å²) < 4.78 is 46.3. The second-order valence-electron chi connectivity index (χ2n) is 6.02. The lowest BCUT2D eigenvalue weighted by atomic mass is 10.3. The SMILES string of the molecule is O=C1ON=[N+](c2ccccc2)/C1=c1\oc(=O)/c(=C(/O)C(F)(F)F)n1-c1ccccc1. The smallest absolute Gasteiger partial charge is 0.451 e. The van der Waals surface area contributed by atoms with Gasteiger partial charge in [0.2, 0.25) is 16.7 Å². The lowest BCUT2D eigenvalue weighted by molar-refractivity contribution is -0.429. The molecule has 0 radical (unpaired) electrons. The van der Waals surface area contributed by atoms with Gasteiger partial charge in [-0.25, -0.2) is 9.59 Å². The third-order valence-corrected chi connectivity index (χ3v) is 4.13. The van der Waals surface area contributed by atoms with Crippen LogP contribution in [0.15, 0.2) is 75.2 Å². The number of aliphatic hydroxyl groups is 1. The summed E-state index contributed by atoms with van der Waals surface area (Å²) in [6.07, 6.45) is -5.23. The topological polar surface area (TPSA) is 97.0 Å². The molecule has 1 aliphatic heterocycles. The van der Waals surface area contributed by atoms with E-state index in [1.807, 2.05) is 0 Å². The van der Waals surface area contributed by atoms with Crippen LogP contribution in [0.4, 0.5) is 18.9 Å². The average molecular weight is 418 g/mol. The van der Waals surface area contributed by atoms with Crippen LogP contribution in [0.3, 0.4) is 0 Å². The normalized spacial score (nSPS) is 16.9. The summed E-state index contributed by atoms with van der Waals surface area (Å²) in [5, 5.41) is 12.1. The lowest BCUT2D eigenvalue weighted by Gasteiger charge is -2.06. The molecule has 0 saturated heterocycles. The van der Waals surface area contributed by atoms with Crippen molar-refractivity contribution in [1.29, 1.82) is 0 Å². The highest BCUT2D eigenvalue weighted by Crippen LogP contribution is 2.24. The first-order valence-electron chi connectivity index (χ1n) is 8.38. The minimum absolute atomic E-state index is 0.0318. The predicted molar refractivity (Wildman–Crippen MR) is 93.9 cm³/mol. The van der Waals surface area contributed by atoms with Gasteiger partial charge < -0.3 is 9.52 Å². The Balaban J connectivity index is 2.19. The maximum absolute atomic E-state index is 13.2. The Bertz CT molecular complexity index is 1340. The van der Waals surface area contributed by atoms with Crippen molar-refractivity contribution < 1.29 is 37.0 Å². The summed E-state index contributed by atoms with van der Waals surface area (Å²) in [6, 6.07) is 15.4. The van der Waals surface area contributed by atoms with E-state index in [0.717, 1.165) is 4.70 Å². The average Bonchev–Trinajstić information content (AvgIpc) is 3.27. The van der Waals surface area contributed by atoms with Crippen molar-refractivity contribution in [1.82, 2.24) is 4.57 Å². The van der Waals surface area contributed by atoms with E-state index in [1.165, 1.54) is 24.3 Å². The number of benzene rings is 2. The van der Waals surface area contributed by atoms with Crippen LogP contribution >= 0.6 is 0 Å². The molecule has 1 N–H and O–H groups in total. The van der Waals surface area contributed by atoms with Crippen LogP contribution in [-0.4, -0.2) is 26.5 Å². The van der Waals surface area contributed by atoms with Crippen molar-refractivity contribution in [3.63, 3.8) is 0 Å². The summed E-state index contributed by atoms with van der Waals surface area (Å²) in [4.78, 5) is 29.4. The molecule has 1 aromatic heterocycles. The number of oxazole rings is 1. The molecule has 0 amide bonds. The Kier molecular flexibility index (Phi) is 4.49. The van der Waals surface area contributed by atoms with Gasteiger partial charge in [-0.15, -0.1) is 0 Å². The largest absolute Gasteiger partial charge is 0.503 e. The minimum Gasteiger partial charge on any atom is -0.503 e. The molecule has 0 aliphatic carbocycles. The third-order valence-electron chi connectivity index (χ3n) is 4.13. The Morgan fingerprint density at radius 3 is 2.20 bits per heavy atom. The molecule has 4 rings (SSSR count). The first kappa shape index (κ1) is 19.2. The van der Waals surface area contributed by atoms with E-state index >= 15 is 0 Å². The molecule has 8 nitrogen and oxygen atoms in total. The Hall–Kier alpha value is -4.15. The van der Waals surface area contributed by atoms with Crippen LogP contribution in [0, 0.1) is 0 Å². The molecule has 0 atom stereocenters. The van der Waals surface area contributed by atoms with Crippen molar-refractivity contribution in [3.05, 3.63) is 82.0 Å². The highest BCUT2D eigenvalue weighted by molar-refractivity contribution is 6.06. The van der Waals surface area contributed by atoms with Crippen molar-refractivity contribution in [2.24, 2.45) is 5.28 Å². The van der Waals surface area contributed by atoms with Gasteiger partial charge in [-0.05, 0) is 12.1 Å². The molecule has 0 fully saturated rings. The van der Waals surface area contributed by atoms with Gasteiger partial charge in [0.1, 0.15) is 0 Å². The van der Waals surface area contributed by atoms with E-state index < -0.39 is 40.1 Å². The standard InChI is InChI=1S/C19H10F3N3O5/c20-19(21,22)15(26)13-17(27)29-16(24(13)11-7-3-1-4-8-11)14-18(28)30-23-25(14)12-9-5-2-6-10-12/h1-10H/p+1/b16-14-. The van der Waals surface area contributed by atoms with Crippen LogP contribution in [0.1, 0.15) is 0 Å². The summed E-state index contributed by atoms with van der Waals surface area (Å²) in [5.41, 5.74) is -2.17. The van der Waals surface area contributed by atoms with Crippen LogP contribution < -0.4 is 16.5 Å². The number of carbonyl (C=O) groups is 1. The summed E-state index contributed by atoms with van der Waals surface area (Å²) >= 11 is 0. The number of para-hydroxylation sites is 2. The first-order valence-corrected chi connectivity index (χ1v) is 8.38. The van der Waals surface area contributed by atoms with Gasteiger partial charge in [0.05, 0.1) is 0 Å². The first-order chi connectivity index (χ1) is 14.3. The highest BCUT2D eigenvalue weighted by Gasteiger charge is 2.42. The zero-order chi connectivity index (χ0) is 21.5. The van der Waals surface area contributed by atoms with E-state index in [4.69, 9.17) is 4.42 Å². The fourth-order valence-electron chi connectivity index (χ4n) is 2.86. The molecule has 3 aromatic rings. The van der Waals surface area contributed by atoms with Crippen molar-refractivity contribution >= 4 is 23.1 Å². The van der Waals surface area contributed by atoms with E-state index in [9.17, 15) is 27.9 Å². The summed E-state index contributed by atoms with van der Waals surface area (Å²) in [7, 11) is 0. The molecular weight excluding hydrogens is 407 g/mol. The molecule has 2 heterocycles. The number of aromatic nitrogens is 1. The van der Waals surface area contributed by atoms with Crippen LogP contribution in [0.5, 0.6) is 0 Å². The molecular formula is C19H11F3N3O5+. The van der Waals surface area contributed by atoms with Gasteiger partial charge in [-0.3, -0.25) is 9.40 Å². The van der Waals surface area contributed by atoms with Crippen LogP contribution in [-0.2, 0) is 9.63 Å². The van der Waals surface area contributed by atoms with E-state index in [0.29, 0.717) is 10.3 Å². The quantitative estimate of drug-likeness (QED) is 0.643. The number of carbonyl (C=O) groups excluding carboxylic acids is 1. The monoisotopic (exact) mass is 418 g/mol. The summed E-state index contributed by atoms with van der Waals surface area (Å²) in [5.74, 6) is -3.23. The number of alkyl halides is 3. The highest BCUT2D eigenvalue weighted by atomic mass is 19.4. The number of rotatable bonds is 2. The van der Waals surface area contributed by atoms with E-state index in [1.54, 1.807) is 36.4 Å². The number of hydrogen-bond acceptors (Lipinski definition) is 6. The maximum Gasteiger partial charge on any atom is 0.451 e. The van der Waals surface area contributed by atoms with Crippen molar-refractivity contribution in [2.45, 2.75) is 6.18 Å². The molecule has 0 spiro atoms. The maximum atomic E-state index is 13.2. The van der Waals surface area contributed by atoms with Gasteiger partial charge in [0, 0.05) is 22.5 Å². The Morgan fingerprint density at radius 1 is 1.00 bits per heavy atom. The zero-order valence-corrected chi connectivity index (χ0v) is 14.8. The molecule has 1 aliphatic rings. The molecule has 0 bridgehead atoms. The number of nitrogens with zero attached hydrogens (tertiary/aromatic N) is 3. The number of hydrogen-bond donors (Lipinski definition) is 1. The number of aliphatic hydroxyl groups excluding tert-OH is 1. The zero-order valence-electron chi connectivity index (χ0n) is 14.8. The van der Waals surface area contributed by atoms with E-state index in [2.05, 4.69) is 10.1 Å². The Morgan fingerprint density at radius 2 is 1.60 bits per heavy atom.